The Morgan fingerprint density at radius 3 is 2.84 bits per heavy atom. The maximum Gasteiger partial charge on any atom is 0.270 e. The smallest absolute Gasteiger partial charge is 0.270 e. The maximum absolute atomic E-state index is 13.0. The van der Waals surface area contributed by atoms with Gasteiger partial charge in [-0.1, -0.05) is 25.1 Å². The van der Waals surface area contributed by atoms with Gasteiger partial charge in [0.15, 0.2) is 0 Å². The number of piperidine rings is 1. The molecule has 0 unspecified atom stereocenters. The van der Waals surface area contributed by atoms with Gasteiger partial charge in [-0.2, -0.15) is 0 Å². The van der Waals surface area contributed by atoms with Crippen LogP contribution in [0.5, 0.6) is 0 Å². The summed E-state index contributed by atoms with van der Waals surface area (Å²) in [5, 5.41) is 4.09. The Kier molecular flexibility index (Phi) is 5.41. The molecular weight excluding hydrogens is 314 g/mol. The SMILES string of the molecule is CCCC(=O)NC[C@@H]1CCCN(C(=O)c2cc3ccccc3n2C)C1. The number of hydrogen-bond donors (Lipinski definition) is 1. The van der Waals surface area contributed by atoms with Gasteiger partial charge in [-0.05, 0) is 37.3 Å². The third kappa shape index (κ3) is 3.86. The highest BCUT2D eigenvalue weighted by Gasteiger charge is 2.26. The van der Waals surface area contributed by atoms with Crippen molar-refractivity contribution in [3.63, 3.8) is 0 Å². The molecule has 1 aromatic carbocycles. The molecule has 25 heavy (non-hydrogen) atoms. The molecule has 0 saturated carbocycles. The summed E-state index contributed by atoms with van der Waals surface area (Å²) >= 11 is 0. The fraction of sp³-hybridized carbons (Fsp3) is 0.500. The van der Waals surface area contributed by atoms with Gasteiger partial charge in [-0.25, -0.2) is 0 Å². The Hall–Kier alpha value is -2.30. The van der Waals surface area contributed by atoms with E-state index in [1.54, 1.807) is 0 Å². The first kappa shape index (κ1) is 17.5. The molecule has 1 aliphatic rings. The van der Waals surface area contributed by atoms with Gasteiger partial charge in [0.25, 0.3) is 5.91 Å². The van der Waals surface area contributed by atoms with Crippen molar-refractivity contribution >= 4 is 22.7 Å². The molecule has 1 fully saturated rings. The van der Waals surface area contributed by atoms with E-state index in [1.807, 2.05) is 53.8 Å². The van der Waals surface area contributed by atoms with E-state index in [0.29, 0.717) is 25.4 Å². The average Bonchev–Trinajstić information content (AvgIpc) is 2.97. The summed E-state index contributed by atoms with van der Waals surface area (Å²) in [5.74, 6) is 0.538. The van der Waals surface area contributed by atoms with E-state index in [9.17, 15) is 9.59 Å². The molecule has 0 aliphatic carbocycles. The fourth-order valence-corrected chi connectivity index (χ4v) is 3.65. The molecular formula is C20H27N3O2. The molecule has 3 rings (SSSR count). The van der Waals surface area contributed by atoms with Crippen LogP contribution >= 0.6 is 0 Å². The van der Waals surface area contributed by atoms with Gasteiger partial charge >= 0.3 is 0 Å². The molecule has 1 saturated heterocycles. The van der Waals surface area contributed by atoms with Crippen LogP contribution in [-0.4, -0.2) is 40.9 Å². The number of likely N-dealkylation sites (tertiary alicyclic amines) is 1. The number of aromatic nitrogens is 1. The summed E-state index contributed by atoms with van der Waals surface area (Å²) in [4.78, 5) is 26.6. The van der Waals surface area contributed by atoms with Gasteiger partial charge in [-0.15, -0.1) is 0 Å². The second kappa shape index (κ2) is 7.72. The van der Waals surface area contributed by atoms with Crippen molar-refractivity contribution in [2.45, 2.75) is 32.6 Å². The van der Waals surface area contributed by atoms with Gasteiger partial charge in [0.05, 0.1) is 0 Å². The van der Waals surface area contributed by atoms with Crippen LogP contribution in [0.1, 0.15) is 43.1 Å². The third-order valence-electron chi connectivity index (χ3n) is 5.04. The first-order chi connectivity index (χ1) is 12.1. The number of aryl methyl sites for hydroxylation is 1. The summed E-state index contributed by atoms with van der Waals surface area (Å²) in [7, 11) is 1.95. The number of nitrogens with zero attached hydrogens (tertiary/aromatic N) is 2. The summed E-state index contributed by atoms with van der Waals surface area (Å²) in [6.45, 7) is 4.18. The van der Waals surface area contributed by atoms with Crippen molar-refractivity contribution < 1.29 is 9.59 Å². The lowest BCUT2D eigenvalue weighted by Gasteiger charge is -2.33. The predicted octanol–water partition coefficient (Wildman–Crippen LogP) is 2.95. The van der Waals surface area contributed by atoms with E-state index in [1.165, 1.54) is 0 Å². The lowest BCUT2D eigenvalue weighted by atomic mass is 9.97. The van der Waals surface area contributed by atoms with E-state index in [-0.39, 0.29) is 11.8 Å². The highest BCUT2D eigenvalue weighted by atomic mass is 16.2. The van der Waals surface area contributed by atoms with Crippen molar-refractivity contribution in [2.75, 3.05) is 19.6 Å². The minimum Gasteiger partial charge on any atom is -0.356 e. The van der Waals surface area contributed by atoms with E-state index in [4.69, 9.17) is 0 Å². The van der Waals surface area contributed by atoms with Crippen LogP contribution < -0.4 is 5.32 Å². The van der Waals surface area contributed by atoms with Crippen LogP contribution in [-0.2, 0) is 11.8 Å². The van der Waals surface area contributed by atoms with Crippen molar-refractivity contribution in [2.24, 2.45) is 13.0 Å². The number of nitrogens with one attached hydrogen (secondary N) is 1. The molecule has 5 heteroatoms. The first-order valence-corrected chi connectivity index (χ1v) is 9.20. The van der Waals surface area contributed by atoms with Gasteiger partial charge in [0.2, 0.25) is 5.91 Å². The van der Waals surface area contributed by atoms with Crippen molar-refractivity contribution in [1.82, 2.24) is 14.8 Å². The van der Waals surface area contributed by atoms with Crippen molar-refractivity contribution in [1.29, 1.82) is 0 Å². The highest BCUT2D eigenvalue weighted by molar-refractivity contribution is 5.98. The number of fused-ring (bicyclic) bond motifs is 1. The topological polar surface area (TPSA) is 54.3 Å². The van der Waals surface area contributed by atoms with Gasteiger partial charge in [-0.3, -0.25) is 9.59 Å². The number of benzene rings is 1. The first-order valence-electron chi connectivity index (χ1n) is 9.20. The van der Waals surface area contributed by atoms with Crippen LogP contribution in [0.25, 0.3) is 10.9 Å². The lowest BCUT2D eigenvalue weighted by molar-refractivity contribution is -0.121. The lowest BCUT2D eigenvalue weighted by Crippen LogP contribution is -2.44. The molecule has 134 valence electrons. The zero-order valence-electron chi connectivity index (χ0n) is 15.1. The van der Waals surface area contributed by atoms with Crippen LogP contribution in [0.4, 0.5) is 0 Å². The number of amides is 2. The zero-order chi connectivity index (χ0) is 17.8. The predicted molar refractivity (Wildman–Crippen MR) is 99.5 cm³/mol. The second-order valence-electron chi connectivity index (χ2n) is 6.96. The Morgan fingerprint density at radius 1 is 1.28 bits per heavy atom. The molecule has 5 nitrogen and oxygen atoms in total. The third-order valence-corrected chi connectivity index (χ3v) is 5.04. The van der Waals surface area contributed by atoms with Crippen LogP contribution in [0.3, 0.4) is 0 Å². The van der Waals surface area contributed by atoms with E-state index >= 15 is 0 Å². The summed E-state index contributed by atoms with van der Waals surface area (Å²) < 4.78 is 1.98. The van der Waals surface area contributed by atoms with E-state index in [2.05, 4.69) is 5.32 Å². The molecule has 0 bridgehead atoms. The van der Waals surface area contributed by atoms with Crippen molar-refractivity contribution in [3.05, 3.63) is 36.0 Å². The monoisotopic (exact) mass is 341 g/mol. The molecule has 1 aromatic heterocycles. The Morgan fingerprint density at radius 2 is 2.08 bits per heavy atom. The average molecular weight is 341 g/mol. The maximum atomic E-state index is 13.0. The van der Waals surface area contributed by atoms with Gasteiger partial charge in [0, 0.05) is 44.0 Å². The highest BCUT2D eigenvalue weighted by Crippen LogP contribution is 2.22. The largest absolute Gasteiger partial charge is 0.356 e. The fourth-order valence-electron chi connectivity index (χ4n) is 3.65. The Balaban J connectivity index is 1.67. The number of carbonyl (C=O) groups is 2. The number of hydrogen-bond acceptors (Lipinski definition) is 2. The molecule has 2 heterocycles. The summed E-state index contributed by atoms with van der Waals surface area (Å²) in [6, 6.07) is 10.0. The molecule has 1 aliphatic heterocycles. The molecule has 2 aromatic rings. The minimum atomic E-state index is 0.0864. The quantitative estimate of drug-likeness (QED) is 0.909. The Bertz CT molecular complexity index is 765. The number of rotatable bonds is 5. The van der Waals surface area contributed by atoms with E-state index in [0.717, 1.165) is 42.4 Å². The van der Waals surface area contributed by atoms with Gasteiger partial charge in [0.1, 0.15) is 5.69 Å². The zero-order valence-corrected chi connectivity index (χ0v) is 15.1. The molecule has 1 N–H and O–H groups in total. The standard InChI is InChI=1S/C20H27N3O2/c1-3-7-19(24)21-13-15-8-6-11-23(14-15)20(25)18-12-16-9-4-5-10-17(16)22(18)2/h4-5,9-10,12,15H,3,6-8,11,13-14H2,1-2H3,(H,21,24)/t15-/m0/s1. The molecule has 0 spiro atoms. The number of carbonyl (C=O) groups excluding carboxylic acids is 2. The van der Waals surface area contributed by atoms with Crippen LogP contribution in [0, 0.1) is 5.92 Å². The van der Waals surface area contributed by atoms with Gasteiger partial charge < -0.3 is 14.8 Å². The van der Waals surface area contributed by atoms with Crippen molar-refractivity contribution in [3.8, 4) is 0 Å². The summed E-state index contributed by atoms with van der Waals surface area (Å²) in [6.07, 6.45) is 3.49. The normalized spacial score (nSPS) is 17.7. The number of para-hydroxylation sites is 1. The molecule has 0 radical (unpaired) electrons. The Labute approximate surface area is 149 Å². The van der Waals surface area contributed by atoms with Crippen LogP contribution in [0.2, 0.25) is 0 Å². The van der Waals surface area contributed by atoms with E-state index < -0.39 is 0 Å². The second-order valence-corrected chi connectivity index (χ2v) is 6.96. The minimum absolute atomic E-state index is 0.0864. The molecule has 1 atom stereocenters. The summed E-state index contributed by atoms with van der Waals surface area (Å²) in [5.41, 5.74) is 1.81. The van der Waals surface area contributed by atoms with Crippen LogP contribution in [0.15, 0.2) is 30.3 Å². The molecule has 2 amide bonds.